The molecule has 0 radical (unpaired) electrons. The van der Waals surface area contributed by atoms with Crippen molar-refractivity contribution in [3.8, 4) is 11.5 Å². The summed E-state index contributed by atoms with van der Waals surface area (Å²) in [5.41, 5.74) is 2.65. The summed E-state index contributed by atoms with van der Waals surface area (Å²) in [7, 11) is 3.27. The van der Waals surface area contributed by atoms with Gasteiger partial charge >= 0.3 is 0 Å². The van der Waals surface area contributed by atoms with E-state index in [1.54, 1.807) is 26.4 Å². The first-order chi connectivity index (χ1) is 13.0. The largest absolute Gasteiger partial charge is 0.496 e. The molecule has 1 heterocycles. The van der Waals surface area contributed by atoms with E-state index in [1.165, 1.54) is 6.07 Å². The Morgan fingerprint density at radius 1 is 1.19 bits per heavy atom. The van der Waals surface area contributed by atoms with E-state index < -0.39 is 4.92 Å². The normalized spacial score (nSPS) is 22.6. The number of nitrogens with zero attached hydrogens (tertiary/aromatic N) is 1. The lowest BCUT2D eigenvalue weighted by molar-refractivity contribution is -0.384. The Hall–Kier alpha value is -2.73. The van der Waals surface area contributed by atoms with Gasteiger partial charge in [-0.1, -0.05) is 23.8 Å². The standard InChI is InChI=1S/C20H19ClN2O4/c1-26-16-8-9-17(27-2)20-18(16)12-4-3-5-13(12)19(22-20)14-10-11(23(24)25)6-7-15(14)21/h3-4,6-10,12-13,19,22H,5H2,1-2H3/t12-,13+,19-/m1/s1. The molecule has 1 aliphatic heterocycles. The van der Waals surface area contributed by atoms with Crippen molar-refractivity contribution in [2.75, 3.05) is 19.5 Å². The molecule has 0 saturated carbocycles. The molecule has 0 unspecified atom stereocenters. The van der Waals surface area contributed by atoms with Gasteiger partial charge in [-0.25, -0.2) is 0 Å². The highest BCUT2D eigenvalue weighted by Gasteiger charge is 2.41. The first-order valence-electron chi connectivity index (χ1n) is 8.67. The van der Waals surface area contributed by atoms with Crippen LogP contribution >= 0.6 is 11.6 Å². The van der Waals surface area contributed by atoms with Crippen LogP contribution in [0.5, 0.6) is 11.5 Å². The second-order valence-electron chi connectivity index (χ2n) is 6.70. The minimum absolute atomic E-state index is 0.0297. The van der Waals surface area contributed by atoms with Gasteiger partial charge in [0.1, 0.15) is 11.5 Å². The van der Waals surface area contributed by atoms with Gasteiger partial charge in [-0.3, -0.25) is 10.1 Å². The van der Waals surface area contributed by atoms with Crippen LogP contribution in [0.15, 0.2) is 42.5 Å². The Bertz CT molecular complexity index is 944. The van der Waals surface area contributed by atoms with Crippen LogP contribution < -0.4 is 14.8 Å². The summed E-state index contributed by atoms with van der Waals surface area (Å²) in [6.07, 6.45) is 5.16. The second-order valence-corrected chi connectivity index (χ2v) is 7.10. The first-order valence-corrected chi connectivity index (χ1v) is 9.05. The molecule has 0 saturated heterocycles. The van der Waals surface area contributed by atoms with Crippen LogP contribution in [-0.2, 0) is 0 Å². The molecular weight excluding hydrogens is 368 g/mol. The van der Waals surface area contributed by atoms with E-state index in [9.17, 15) is 10.1 Å². The van der Waals surface area contributed by atoms with E-state index in [4.69, 9.17) is 21.1 Å². The maximum Gasteiger partial charge on any atom is 0.269 e. The van der Waals surface area contributed by atoms with Crippen molar-refractivity contribution in [2.24, 2.45) is 5.92 Å². The number of allylic oxidation sites excluding steroid dienone is 2. The molecule has 2 aromatic carbocycles. The van der Waals surface area contributed by atoms with Crippen LogP contribution in [0.2, 0.25) is 5.02 Å². The fraction of sp³-hybridized carbons (Fsp3) is 0.300. The molecule has 0 fully saturated rings. The van der Waals surface area contributed by atoms with Crippen LogP contribution in [0.1, 0.15) is 29.5 Å². The van der Waals surface area contributed by atoms with Gasteiger partial charge in [-0.2, -0.15) is 0 Å². The zero-order valence-electron chi connectivity index (χ0n) is 14.9. The fourth-order valence-electron chi connectivity index (χ4n) is 4.19. The van der Waals surface area contributed by atoms with Gasteiger partial charge in [0.2, 0.25) is 0 Å². The molecule has 27 heavy (non-hydrogen) atoms. The molecule has 1 aliphatic carbocycles. The lowest BCUT2D eigenvalue weighted by Crippen LogP contribution is -2.30. The number of nitro benzene ring substituents is 1. The SMILES string of the molecule is COc1ccc(OC)c2c1N[C@@H](c1cc([N+](=O)[O-])ccc1Cl)[C@H]1CC=C[C@@H]21. The van der Waals surface area contributed by atoms with E-state index >= 15 is 0 Å². The predicted molar refractivity (Wildman–Crippen MR) is 104 cm³/mol. The van der Waals surface area contributed by atoms with Crippen LogP contribution in [0, 0.1) is 16.0 Å². The maximum absolute atomic E-state index is 11.3. The van der Waals surface area contributed by atoms with Gasteiger partial charge < -0.3 is 14.8 Å². The van der Waals surface area contributed by atoms with E-state index in [1.807, 2.05) is 12.1 Å². The molecule has 0 aromatic heterocycles. The van der Waals surface area contributed by atoms with Gasteiger partial charge in [-0.05, 0) is 30.5 Å². The smallest absolute Gasteiger partial charge is 0.269 e. The van der Waals surface area contributed by atoms with Crippen molar-refractivity contribution in [1.29, 1.82) is 0 Å². The third-order valence-corrected chi connectivity index (χ3v) is 5.75. The molecule has 0 amide bonds. The molecule has 140 valence electrons. The zero-order chi connectivity index (χ0) is 19.1. The highest BCUT2D eigenvalue weighted by Crippen LogP contribution is 2.55. The molecule has 6 nitrogen and oxygen atoms in total. The monoisotopic (exact) mass is 386 g/mol. The molecule has 1 N–H and O–H groups in total. The number of hydrogen-bond acceptors (Lipinski definition) is 5. The summed E-state index contributed by atoms with van der Waals surface area (Å²) >= 11 is 6.45. The Labute approximate surface area is 161 Å². The Morgan fingerprint density at radius 3 is 2.63 bits per heavy atom. The highest BCUT2D eigenvalue weighted by molar-refractivity contribution is 6.31. The number of halogens is 1. The van der Waals surface area contributed by atoms with Crippen molar-refractivity contribution < 1.29 is 14.4 Å². The van der Waals surface area contributed by atoms with E-state index in [2.05, 4.69) is 17.5 Å². The summed E-state index contributed by atoms with van der Waals surface area (Å²) in [6.45, 7) is 0. The zero-order valence-corrected chi connectivity index (χ0v) is 15.7. The van der Waals surface area contributed by atoms with Crippen molar-refractivity contribution in [3.05, 3.63) is 68.7 Å². The number of benzene rings is 2. The number of hydrogen-bond donors (Lipinski definition) is 1. The summed E-state index contributed by atoms with van der Waals surface area (Å²) < 4.78 is 11.1. The first kappa shape index (κ1) is 17.7. The molecule has 0 spiro atoms. The molecular formula is C20H19ClN2O4. The van der Waals surface area contributed by atoms with Crippen molar-refractivity contribution in [3.63, 3.8) is 0 Å². The van der Waals surface area contributed by atoms with Gasteiger partial charge in [0.15, 0.2) is 0 Å². The Balaban J connectivity index is 1.88. The lowest BCUT2D eigenvalue weighted by Gasteiger charge is -2.39. The van der Waals surface area contributed by atoms with E-state index in [0.717, 1.165) is 29.0 Å². The average Bonchev–Trinajstić information content (AvgIpc) is 3.16. The number of non-ortho nitro benzene ring substituents is 1. The lowest BCUT2D eigenvalue weighted by atomic mass is 9.76. The number of fused-ring (bicyclic) bond motifs is 3. The van der Waals surface area contributed by atoms with Crippen molar-refractivity contribution in [1.82, 2.24) is 0 Å². The number of nitro groups is 1. The molecule has 4 rings (SSSR count). The highest BCUT2D eigenvalue weighted by atomic mass is 35.5. The van der Waals surface area contributed by atoms with E-state index in [0.29, 0.717) is 10.8 Å². The van der Waals surface area contributed by atoms with Crippen LogP contribution in [-0.4, -0.2) is 19.1 Å². The minimum Gasteiger partial charge on any atom is -0.496 e. The molecule has 0 bridgehead atoms. The summed E-state index contributed by atoms with van der Waals surface area (Å²) in [5, 5.41) is 15.3. The van der Waals surface area contributed by atoms with E-state index in [-0.39, 0.29) is 23.6 Å². The Kier molecular flexibility index (Phi) is 4.44. The summed E-state index contributed by atoms with van der Waals surface area (Å²) in [5.74, 6) is 1.80. The third kappa shape index (κ3) is 2.80. The van der Waals surface area contributed by atoms with Gasteiger partial charge in [0.25, 0.3) is 5.69 Å². The van der Waals surface area contributed by atoms with Crippen LogP contribution in [0.25, 0.3) is 0 Å². The third-order valence-electron chi connectivity index (χ3n) is 5.41. The van der Waals surface area contributed by atoms with Gasteiger partial charge in [0.05, 0.1) is 30.9 Å². The topological polar surface area (TPSA) is 73.6 Å². The molecule has 3 atom stereocenters. The number of nitrogens with one attached hydrogen (secondary N) is 1. The number of ether oxygens (including phenoxy) is 2. The Morgan fingerprint density at radius 2 is 1.93 bits per heavy atom. The molecule has 7 heteroatoms. The minimum atomic E-state index is -0.398. The maximum atomic E-state index is 11.3. The van der Waals surface area contributed by atoms with Crippen molar-refractivity contribution in [2.45, 2.75) is 18.4 Å². The quantitative estimate of drug-likeness (QED) is 0.450. The molecule has 2 aliphatic rings. The van der Waals surface area contributed by atoms with Crippen LogP contribution in [0.3, 0.4) is 0 Å². The fourth-order valence-corrected chi connectivity index (χ4v) is 4.42. The van der Waals surface area contributed by atoms with Gasteiger partial charge in [-0.15, -0.1) is 0 Å². The second kappa shape index (κ2) is 6.78. The predicted octanol–water partition coefficient (Wildman–Crippen LogP) is 5.09. The van der Waals surface area contributed by atoms with Crippen molar-refractivity contribution >= 4 is 23.0 Å². The summed E-state index contributed by atoms with van der Waals surface area (Å²) in [6, 6.07) is 8.17. The number of rotatable bonds is 4. The number of methoxy groups -OCH3 is 2. The van der Waals surface area contributed by atoms with Crippen LogP contribution in [0.4, 0.5) is 11.4 Å². The number of anilines is 1. The molecule has 2 aromatic rings. The summed E-state index contributed by atoms with van der Waals surface area (Å²) in [4.78, 5) is 10.9. The average molecular weight is 387 g/mol. The van der Waals surface area contributed by atoms with Gasteiger partial charge in [0, 0.05) is 34.2 Å².